The highest BCUT2D eigenvalue weighted by Crippen LogP contribution is 2.22. The van der Waals surface area contributed by atoms with Crippen molar-refractivity contribution >= 4 is 11.9 Å². The van der Waals surface area contributed by atoms with Gasteiger partial charge in [-0.2, -0.15) is 0 Å². The van der Waals surface area contributed by atoms with Crippen LogP contribution in [0.4, 0.5) is 0 Å². The second-order valence-electron chi connectivity index (χ2n) is 13.0. The van der Waals surface area contributed by atoms with E-state index in [2.05, 4.69) is 55.5 Å². The van der Waals surface area contributed by atoms with E-state index in [-0.39, 0.29) is 26.1 Å². The molecule has 10 nitrogen and oxygen atoms in total. The lowest BCUT2D eigenvalue weighted by atomic mass is 9.99. The summed E-state index contributed by atoms with van der Waals surface area (Å²) >= 11 is 0. The highest BCUT2D eigenvalue weighted by molar-refractivity contribution is 5.70. The van der Waals surface area contributed by atoms with Gasteiger partial charge in [0.2, 0.25) is 0 Å². The van der Waals surface area contributed by atoms with Crippen molar-refractivity contribution in [3.05, 3.63) is 48.6 Å². The first-order chi connectivity index (χ1) is 24.3. The Bertz CT molecular complexity index is 960. The maximum Gasteiger partial charge on any atom is 0.306 e. The van der Waals surface area contributed by atoms with Crippen LogP contribution in [0.3, 0.4) is 0 Å². The molecule has 0 aromatic heterocycles. The minimum atomic E-state index is -1.59. The van der Waals surface area contributed by atoms with Crippen molar-refractivity contribution < 1.29 is 49.0 Å². The van der Waals surface area contributed by atoms with Gasteiger partial charge in [-0.1, -0.05) is 120 Å². The third-order valence-electron chi connectivity index (χ3n) is 8.48. The number of unbranched alkanes of at least 4 members (excludes halogenated alkanes) is 11. The van der Waals surface area contributed by atoms with Crippen LogP contribution in [0.1, 0.15) is 136 Å². The lowest BCUT2D eigenvalue weighted by Gasteiger charge is -2.39. The van der Waals surface area contributed by atoms with Gasteiger partial charge in [0.1, 0.15) is 31.0 Å². The fourth-order valence-electron chi connectivity index (χ4n) is 5.39. The van der Waals surface area contributed by atoms with Gasteiger partial charge in [0.15, 0.2) is 12.4 Å². The Kier molecular flexibility index (Phi) is 28.7. The van der Waals surface area contributed by atoms with Crippen molar-refractivity contribution in [3.63, 3.8) is 0 Å². The topological polar surface area (TPSA) is 152 Å². The van der Waals surface area contributed by atoms with Crippen LogP contribution in [-0.4, -0.2) is 89.0 Å². The standard InChI is InChI=1S/C40H68O10/c1-3-5-7-8-9-10-11-12-13-14-15-16-17-18-19-20-21-22-23-24-25-26-27-29-36(43)49-33(31-47-35(42)28-6-4-2)32-48-40-39(46)38(45)37(44)34(30-41)50-40/h5,7,9-10,12-13,15-16,33-34,37-41,44-46H,3-4,6,8,11,14,17-32H2,1-2H3/b7-5-,10-9-,13-12-,16-15-. The molecule has 6 unspecified atom stereocenters. The smallest absolute Gasteiger partial charge is 0.306 e. The second-order valence-corrected chi connectivity index (χ2v) is 13.0. The van der Waals surface area contributed by atoms with Crippen LogP contribution >= 0.6 is 0 Å². The van der Waals surface area contributed by atoms with Gasteiger partial charge in [0, 0.05) is 12.8 Å². The van der Waals surface area contributed by atoms with Crippen molar-refractivity contribution in [2.24, 2.45) is 0 Å². The molecule has 1 rings (SSSR count). The number of hydrogen-bond donors (Lipinski definition) is 4. The van der Waals surface area contributed by atoms with Gasteiger partial charge in [-0.15, -0.1) is 0 Å². The molecule has 1 fully saturated rings. The molecular weight excluding hydrogens is 640 g/mol. The molecule has 0 amide bonds. The molecule has 0 aromatic rings. The average Bonchev–Trinajstić information content (AvgIpc) is 3.11. The summed E-state index contributed by atoms with van der Waals surface area (Å²) in [6.45, 7) is 3.02. The van der Waals surface area contributed by atoms with E-state index in [0.717, 1.165) is 57.8 Å². The van der Waals surface area contributed by atoms with E-state index in [1.165, 1.54) is 38.5 Å². The first-order valence-electron chi connectivity index (χ1n) is 19.2. The molecule has 0 aromatic carbocycles. The van der Waals surface area contributed by atoms with Crippen LogP contribution in [-0.2, 0) is 28.5 Å². The van der Waals surface area contributed by atoms with Gasteiger partial charge in [0.25, 0.3) is 0 Å². The molecule has 0 saturated carbocycles. The van der Waals surface area contributed by atoms with Crippen molar-refractivity contribution in [2.45, 2.75) is 173 Å². The zero-order valence-electron chi connectivity index (χ0n) is 30.9. The average molecular weight is 709 g/mol. The fourth-order valence-corrected chi connectivity index (χ4v) is 5.39. The summed E-state index contributed by atoms with van der Waals surface area (Å²) in [7, 11) is 0. The molecule has 288 valence electrons. The molecular formula is C40H68O10. The minimum absolute atomic E-state index is 0.222. The predicted molar refractivity (Wildman–Crippen MR) is 196 cm³/mol. The van der Waals surface area contributed by atoms with Gasteiger partial charge in [0.05, 0.1) is 13.2 Å². The molecule has 0 aliphatic carbocycles. The van der Waals surface area contributed by atoms with E-state index < -0.39 is 55.4 Å². The lowest BCUT2D eigenvalue weighted by molar-refractivity contribution is -0.305. The Hall–Kier alpha value is -2.34. The number of carbonyl (C=O) groups is 2. The van der Waals surface area contributed by atoms with Crippen LogP contribution in [0.2, 0.25) is 0 Å². The summed E-state index contributed by atoms with van der Waals surface area (Å²) in [6.07, 6.45) is 28.2. The summed E-state index contributed by atoms with van der Waals surface area (Å²) in [4.78, 5) is 24.6. The Morgan fingerprint density at radius 2 is 1.18 bits per heavy atom. The van der Waals surface area contributed by atoms with Crippen LogP contribution < -0.4 is 0 Å². The van der Waals surface area contributed by atoms with E-state index in [9.17, 15) is 30.0 Å². The van der Waals surface area contributed by atoms with Crippen molar-refractivity contribution in [3.8, 4) is 0 Å². The second kappa shape index (κ2) is 31.4. The Morgan fingerprint density at radius 1 is 0.640 bits per heavy atom. The number of aliphatic hydroxyl groups excluding tert-OH is 4. The van der Waals surface area contributed by atoms with Gasteiger partial charge in [-0.3, -0.25) is 9.59 Å². The van der Waals surface area contributed by atoms with Gasteiger partial charge >= 0.3 is 11.9 Å². The van der Waals surface area contributed by atoms with Crippen LogP contribution in [0, 0.1) is 0 Å². The highest BCUT2D eigenvalue weighted by Gasteiger charge is 2.44. The van der Waals surface area contributed by atoms with E-state index in [0.29, 0.717) is 12.8 Å². The molecule has 4 N–H and O–H groups in total. The maximum atomic E-state index is 12.6. The molecule has 0 bridgehead atoms. The zero-order valence-corrected chi connectivity index (χ0v) is 30.9. The quantitative estimate of drug-likeness (QED) is 0.0351. The summed E-state index contributed by atoms with van der Waals surface area (Å²) in [5, 5.41) is 39.6. The third-order valence-corrected chi connectivity index (χ3v) is 8.48. The Morgan fingerprint density at radius 3 is 1.76 bits per heavy atom. The van der Waals surface area contributed by atoms with Crippen molar-refractivity contribution in [1.29, 1.82) is 0 Å². The molecule has 6 atom stereocenters. The molecule has 1 heterocycles. The molecule has 1 aliphatic rings. The van der Waals surface area contributed by atoms with Crippen LogP contribution in [0.25, 0.3) is 0 Å². The van der Waals surface area contributed by atoms with Crippen molar-refractivity contribution in [2.75, 3.05) is 19.8 Å². The minimum Gasteiger partial charge on any atom is -0.462 e. The summed E-state index contributed by atoms with van der Waals surface area (Å²) < 4.78 is 21.7. The largest absolute Gasteiger partial charge is 0.462 e. The molecule has 0 spiro atoms. The van der Waals surface area contributed by atoms with Gasteiger partial charge < -0.3 is 39.4 Å². The Labute approximate surface area is 301 Å². The summed E-state index contributed by atoms with van der Waals surface area (Å²) in [6, 6.07) is 0. The lowest BCUT2D eigenvalue weighted by Crippen LogP contribution is -2.59. The molecule has 10 heteroatoms. The maximum absolute atomic E-state index is 12.6. The molecule has 0 radical (unpaired) electrons. The monoisotopic (exact) mass is 708 g/mol. The first-order valence-corrected chi connectivity index (χ1v) is 19.2. The summed E-state index contributed by atoms with van der Waals surface area (Å²) in [5.41, 5.74) is 0. The molecule has 1 aliphatic heterocycles. The first kappa shape index (κ1) is 45.7. The van der Waals surface area contributed by atoms with E-state index >= 15 is 0 Å². The number of esters is 2. The van der Waals surface area contributed by atoms with Crippen molar-refractivity contribution in [1.82, 2.24) is 0 Å². The summed E-state index contributed by atoms with van der Waals surface area (Å²) in [5.74, 6) is -0.857. The fraction of sp³-hybridized carbons (Fsp3) is 0.750. The van der Waals surface area contributed by atoms with Crippen LogP contribution in [0.5, 0.6) is 0 Å². The number of rotatable bonds is 30. The molecule has 1 saturated heterocycles. The van der Waals surface area contributed by atoms with Crippen LogP contribution in [0.15, 0.2) is 48.6 Å². The van der Waals surface area contributed by atoms with E-state index in [1.54, 1.807) is 0 Å². The number of aliphatic hydroxyl groups is 4. The van der Waals surface area contributed by atoms with Gasteiger partial charge in [-0.25, -0.2) is 0 Å². The predicted octanol–water partition coefficient (Wildman–Crippen LogP) is 6.93. The van der Waals surface area contributed by atoms with E-state index in [4.69, 9.17) is 18.9 Å². The number of ether oxygens (including phenoxy) is 4. The molecule has 50 heavy (non-hydrogen) atoms. The number of hydrogen-bond acceptors (Lipinski definition) is 10. The highest BCUT2D eigenvalue weighted by atomic mass is 16.7. The third kappa shape index (κ3) is 23.2. The Balaban J connectivity index is 2.17. The number of carbonyl (C=O) groups excluding carboxylic acids is 2. The normalized spacial score (nSPS) is 21.9. The van der Waals surface area contributed by atoms with Gasteiger partial charge in [-0.05, 0) is 51.4 Å². The zero-order chi connectivity index (χ0) is 36.7. The SMILES string of the molecule is CC/C=C\C/C=C\C/C=C\C/C=C\CCCCCCCCCCCCC(=O)OC(COC(=O)CCCC)COC1OC(CO)C(O)C(O)C1O. The van der Waals surface area contributed by atoms with E-state index in [1.807, 2.05) is 6.92 Å². The number of allylic oxidation sites excluding steroid dienone is 8.